The summed E-state index contributed by atoms with van der Waals surface area (Å²) in [5, 5.41) is 8.05. The van der Waals surface area contributed by atoms with Gasteiger partial charge < -0.3 is 15.4 Å². The summed E-state index contributed by atoms with van der Waals surface area (Å²) < 4.78 is 5.34. The van der Waals surface area contributed by atoms with Crippen LogP contribution in [0.3, 0.4) is 0 Å². The molecule has 0 bridgehead atoms. The molecule has 2 N–H and O–H groups in total. The molecular formula is C13H16N4O. The average Bonchev–Trinajstić information content (AvgIpc) is 2.46. The molecule has 0 aliphatic heterocycles. The van der Waals surface area contributed by atoms with Gasteiger partial charge in [-0.25, -0.2) is 0 Å². The standard InChI is InChI=1S/C13H16N4O/c1-17(11-5-3-4-6-12(11)18-2)13-10(9-14)7-8-15-16-13/h3-8H,9,14H2,1-2H3. The Balaban J connectivity index is 2.44. The molecule has 0 fully saturated rings. The highest BCUT2D eigenvalue weighted by Gasteiger charge is 2.13. The Kier molecular flexibility index (Phi) is 3.74. The second-order valence-corrected chi connectivity index (χ2v) is 3.82. The maximum atomic E-state index is 5.71. The third-order valence-electron chi connectivity index (χ3n) is 2.77. The molecule has 0 spiro atoms. The van der Waals surface area contributed by atoms with Crippen LogP contribution in [0.25, 0.3) is 0 Å². The smallest absolute Gasteiger partial charge is 0.160 e. The van der Waals surface area contributed by atoms with Crippen LogP contribution in [0, 0.1) is 0 Å². The van der Waals surface area contributed by atoms with Gasteiger partial charge in [0.15, 0.2) is 5.82 Å². The van der Waals surface area contributed by atoms with Crippen molar-refractivity contribution in [3.8, 4) is 5.75 Å². The predicted molar refractivity (Wildman–Crippen MR) is 71.0 cm³/mol. The van der Waals surface area contributed by atoms with Crippen LogP contribution in [0.1, 0.15) is 5.56 Å². The van der Waals surface area contributed by atoms with Crippen LogP contribution in [-0.2, 0) is 6.54 Å². The Labute approximate surface area is 106 Å². The first-order valence-corrected chi connectivity index (χ1v) is 5.65. The van der Waals surface area contributed by atoms with Crippen LogP contribution in [-0.4, -0.2) is 24.4 Å². The van der Waals surface area contributed by atoms with E-state index in [0.29, 0.717) is 6.54 Å². The third-order valence-corrected chi connectivity index (χ3v) is 2.77. The summed E-state index contributed by atoms with van der Waals surface area (Å²) in [6, 6.07) is 9.62. The van der Waals surface area contributed by atoms with E-state index >= 15 is 0 Å². The lowest BCUT2D eigenvalue weighted by Crippen LogP contribution is -2.16. The molecule has 2 aromatic rings. The van der Waals surface area contributed by atoms with Crippen LogP contribution in [0.2, 0.25) is 0 Å². The van der Waals surface area contributed by atoms with Gasteiger partial charge in [-0.3, -0.25) is 0 Å². The fourth-order valence-electron chi connectivity index (χ4n) is 1.81. The molecule has 1 aromatic heterocycles. The number of hydrogen-bond acceptors (Lipinski definition) is 5. The van der Waals surface area contributed by atoms with Gasteiger partial charge in [0.25, 0.3) is 0 Å². The zero-order valence-corrected chi connectivity index (χ0v) is 10.5. The molecule has 1 heterocycles. The minimum atomic E-state index is 0.421. The Morgan fingerprint density at radius 3 is 2.78 bits per heavy atom. The molecule has 5 nitrogen and oxygen atoms in total. The van der Waals surface area contributed by atoms with E-state index < -0.39 is 0 Å². The van der Waals surface area contributed by atoms with Crippen molar-refractivity contribution in [1.82, 2.24) is 10.2 Å². The van der Waals surface area contributed by atoms with Crippen LogP contribution in [0.15, 0.2) is 36.5 Å². The SMILES string of the molecule is COc1ccccc1N(C)c1nnccc1CN. The highest BCUT2D eigenvalue weighted by Crippen LogP contribution is 2.32. The lowest BCUT2D eigenvalue weighted by Gasteiger charge is -2.22. The molecule has 0 saturated heterocycles. The van der Waals surface area contributed by atoms with E-state index in [2.05, 4.69) is 10.2 Å². The van der Waals surface area contributed by atoms with E-state index in [1.54, 1.807) is 13.3 Å². The lowest BCUT2D eigenvalue weighted by molar-refractivity contribution is 0.415. The average molecular weight is 244 g/mol. The Hall–Kier alpha value is -2.14. The number of nitrogens with zero attached hydrogens (tertiary/aromatic N) is 3. The number of ether oxygens (including phenoxy) is 1. The molecule has 2 rings (SSSR count). The summed E-state index contributed by atoms with van der Waals surface area (Å²) in [5.74, 6) is 1.53. The molecule has 0 unspecified atom stereocenters. The van der Waals surface area contributed by atoms with Gasteiger partial charge in [-0.2, -0.15) is 5.10 Å². The van der Waals surface area contributed by atoms with Crippen molar-refractivity contribution in [2.75, 3.05) is 19.1 Å². The lowest BCUT2D eigenvalue weighted by atomic mass is 10.2. The quantitative estimate of drug-likeness (QED) is 0.887. The first kappa shape index (κ1) is 12.3. The van der Waals surface area contributed by atoms with Crippen LogP contribution in [0.5, 0.6) is 5.75 Å². The number of para-hydroxylation sites is 2. The van der Waals surface area contributed by atoms with Gasteiger partial charge in [0, 0.05) is 19.2 Å². The van der Waals surface area contributed by atoms with Crippen LogP contribution in [0.4, 0.5) is 11.5 Å². The highest BCUT2D eigenvalue weighted by molar-refractivity contribution is 5.67. The van der Waals surface area contributed by atoms with Crippen molar-refractivity contribution < 1.29 is 4.74 Å². The molecule has 1 aromatic carbocycles. The van der Waals surface area contributed by atoms with E-state index in [-0.39, 0.29) is 0 Å². The van der Waals surface area contributed by atoms with Gasteiger partial charge in [-0.15, -0.1) is 5.10 Å². The highest BCUT2D eigenvalue weighted by atomic mass is 16.5. The van der Waals surface area contributed by atoms with Gasteiger partial charge in [-0.1, -0.05) is 12.1 Å². The predicted octanol–water partition coefficient (Wildman–Crippen LogP) is 1.71. The van der Waals surface area contributed by atoms with E-state index in [9.17, 15) is 0 Å². The molecule has 0 atom stereocenters. The minimum absolute atomic E-state index is 0.421. The van der Waals surface area contributed by atoms with Crippen molar-refractivity contribution in [3.05, 3.63) is 42.1 Å². The van der Waals surface area contributed by atoms with Gasteiger partial charge in [0.2, 0.25) is 0 Å². The second kappa shape index (κ2) is 5.46. The molecule has 94 valence electrons. The Bertz CT molecular complexity index is 482. The maximum Gasteiger partial charge on any atom is 0.160 e. The number of hydrogen-bond donors (Lipinski definition) is 1. The largest absolute Gasteiger partial charge is 0.495 e. The number of rotatable bonds is 4. The Morgan fingerprint density at radius 2 is 2.06 bits per heavy atom. The first-order valence-electron chi connectivity index (χ1n) is 5.65. The van der Waals surface area contributed by atoms with Crippen molar-refractivity contribution in [3.63, 3.8) is 0 Å². The minimum Gasteiger partial charge on any atom is -0.495 e. The molecule has 5 heteroatoms. The fourth-order valence-corrected chi connectivity index (χ4v) is 1.81. The number of nitrogens with two attached hydrogens (primary N) is 1. The van der Waals surface area contributed by atoms with Gasteiger partial charge in [-0.05, 0) is 18.2 Å². The third kappa shape index (κ3) is 2.26. The molecule has 0 aliphatic rings. The molecule has 0 amide bonds. The number of anilines is 2. The van der Waals surface area contributed by atoms with Crippen LogP contribution < -0.4 is 15.4 Å². The monoisotopic (exact) mass is 244 g/mol. The van der Waals surface area contributed by atoms with E-state index in [0.717, 1.165) is 22.8 Å². The second-order valence-electron chi connectivity index (χ2n) is 3.82. The van der Waals surface area contributed by atoms with E-state index in [4.69, 9.17) is 10.5 Å². The van der Waals surface area contributed by atoms with Crippen LogP contribution >= 0.6 is 0 Å². The zero-order chi connectivity index (χ0) is 13.0. The van der Waals surface area contributed by atoms with Crippen molar-refractivity contribution >= 4 is 11.5 Å². The summed E-state index contributed by atoms with van der Waals surface area (Å²) in [7, 11) is 3.56. The number of benzene rings is 1. The molecular weight excluding hydrogens is 228 g/mol. The maximum absolute atomic E-state index is 5.71. The first-order chi connectivity index (χ1) is 8.77. The fraction of sp³-hybridized carbons (Fsp3) is 0.231. The van der Waals surface area contributed by atoms with Gasteiger partial charge >= 0.3 is 0 Å². The Morgan fingerprint density at radius 1 is 1.28 bits per heavy atom. The van der Waals surface area contributed by atoms with E-state index in [1.165, 1.54) is 0 Å². The molecule has 0 radical (unpaired) electrons. The summed E-state index contributed by atoms with van der Waals surface area (Å²) in [5.41, 5.74) is 7.58. The summed E-state index contributed by atoms with van der Waals surface area (Å²) in [4.78, 5) is 1.92. The number of aromatic nitrogens is 2. The topological polar surface area (TPSA) is 64.3 Å². The molecule has 0 saturated carbocycles. The normalized spacial score (nSPS) is 10.2. The zero-order valence-electron chi connectivity index (χ0n) is 10.5. The summed E-state index contributed by atoms with van der Waals surface area (Å²) >= 11 is 0. The summed E-state index contributed by atoms with van der Waals surface area (Å²) in [6.45, 7) is 0.421. The van der Waals surface area contributed by atoms with Gasteiger partial charge in [0.05, 0.1) is 19.0 Å². The number of methoxy groups -OCH3 is 1. The van der Waals surface area contributed by atoms with Crippen molar-refractivity contribution in [1.29, 1.82) is 0 Å². The van der Waals surface area contributed by atoms with E-state index in [1.807, 2.05) is 42.3 Å². The van der Waals surface area contributed by atoms with Gasteiger partial charge in [0.1, 0.15) is 5.75 Å². The van der Waals surface area contributed by atoms with Crippen molar-refractivity contribution in [2.24, 2.45) is 5.73 Å². The molecule has 18 heavy (non-hydrogen) atoms. The summed E-state index contributed by atoms with van der Waals surface area (Å²) in [6.07, 6.45) is 1.64. The molecule has 0 aliphatic carbocycles. The van der Waals surface area contributed by atoms with Crippen molar-refractivity contribution in [2.45, 2.75) is 6.54 Å².